The second-order valence-electron chi connectivity index (χ2n) is 9.70. The van der Waals surface area contributed by atoms with Crippen molar-refractivity contribution in [1.82, 2.24) is 14.5 Å². The van der Waals surface area contributed by atoms with Crippen molar-refractivity contribution in [3.63, 3.8) is 0 Å². The van der Waals surface area contributed by atoms with Crippen LogP contribution in [0, 0.1) is 0 Å². The van der Waals surface area contributed by atoms with E-state index in [4.69, 9.17) is 9.72 Å². The Kier molecular flexibility index (Phi) is 5.91. The van der Waals surface area contributed by atoms with Crippen molar-refractivity contribution < 1.29 is 4.74 Å². The first-order chi connectivity index (χ1) is 15.9. The van der Waals surface area contributed by atoms with Crippen LogP contribution in [0.25, 0.3) is 44.3 Å². The van der Waals surface area contributed by atoms with Crippen LogP contribution < -0.4 is 0 Å². The molecule has 5 aromatic rings. The molecule has 0 radical (unpaired) electrons. The maximum absolute atomic E-state index is 6.19. The molecule has 33 heavy (non-hydrogen) atoms. The summed E-state index contributed by atoms with van der Waals surface area (Å²) in [6, 6.07) is 22.3. The number of aromatic amines is 1. The Bertz CT molecular complexity index is 1430. The third kappa shape index (κ3) is 4.51. The van der Waals surface area contributed by atoms with E-state index in [-0.39, 0.29) is 0 Å². The normalized spacial score (nSPS) is 12.1. The summed E-state index contributed by atoms with van der Waals surface area (Å²) in [5.41, 5.74) is 6.65. The average molecular weight is 472 g/mol. The van der Waals surface area contributed by atoms with E-state index in [1.807, 2.05) is 24.5 Å². The number of hydrogen-bond acceptors (Lipinski definition) is 3. The van der Waals surface area contributed by atoms with E-state index in [0.29, 0.717) is 6.73 Å². The first kappa shape index (κ1) is 22.0. The molecule has 0 aliphatic carbocycles. The van der Waals surface area contributed by atoms with E-state index in [1.54, 1.807) is 0 Å². The SMILES string of the molecule is C[Si](C)(C)CCOCn1c(-c2cccc(S)c2)cc2c(-c3cccc4[nH]ccc34)ccnc21. The van der Waals surface area contributed by atoms with Gasteiger partial charge in [-0.25, -0.2) is 4.98 Å². The summed E-state index contributed by atoms with van der Waals surface area (Å²) in [6.45, 7) is 8.37. The highest BCUT2D eigenvalue weighted by molar-refractivity contribution is 7.80. The molecule has 168 valence electrons. The van der Waals surface area contributed by atoms with Gasteiger partial charge in [0.2, 0.25) is 0 Å². The van der Waals surface area contributed by atoms with Crippen LogP contribution in [0.2, 0.25) is 25.7 Å². The second-order valence-corrected chi connectivity index (χ2v) is 15.8. The molecule has 2 aromatic carbocycles. The van der Waals surface area contributed by atoms with Crippen molar-refractivity contribution in [2.24, 2.45) is 0 Å². The first-order valence-corrected chi connectivity index (χ1v) is 15.5. The minimum absolute atomic E-state index is 0.477. The molecule has 0 spiro atoms. The molecule has 0 saturated carbocycles. The molecule has 3 aromatic heterocycles. The molecule has 1 N–H and O–H groups in total. The zero-order chi connectivity index (χ0) is 23.0. The maximum atomic E-state index is 6.19. The van der Waals surface area contributed by atoms with Crippen LogP contribution in [-0.4, -0.2) is 29.2 Å². The summed E-state index contributed by atoms with van der Waals surface area (Å²) >= 11 is 4.57. The van der Waals surface area contributed by atoms with Crippen LogP contribution in [0.3, 0.4) is 0 Å². The molecule has 0 aliphatic heterocycles. The van der Waals surface area contributed by atoms with Gasteiger partial charge in [-0.15, -0.1) is 12.6 Å². The van der Waals surface area contributed by atoms with Gasteiger partial charge in [-0.2, -0.15) is 0 Å². The Morgan fingerprint density at radius 1 is 0.970 bits per heavy atom. The van der Waals surface area contributed by atoms with Crippen LogP contribution in [0.5, 0.6) is 0 Å². The zero-order valence-corrected chi connectivity index (χ0v) is 21.2. The zero-order valence-electron chi connectivity index (χ0n) is 19.3. The van der Waals surface area contributed by atoms with Gasteiger partial charge in [-0.3, -0.25) is 0 Å². The lowest BCUT2D eigenvalue weighted by molar-refractivity contribution is 0.0909. The lowest BCUT2D eigenvalue weighted by Crippen LogP contribution is -2.22. The summed E-state index contributed by atoms with van der Waals surface area (Å²) in [7, 11) is -1.15. The number of benzene rings is 2. The summed E-state index contributed by atoms with van der Waals surface area (Å²) in [5.74, 6) is 0. The molecule has 0 fully saturated rings. The van der Waals surface area contributed by atoms with Crippen molar-refractivity contribution in [2.45, 2.75) is 37.3 Å². The van der Waals surface area contributed by atoms with E-state index >= 15 is 0 Å². The smallest absolute Gasteiger partial charge is 0.142 e. The topological polar surface area (TPSA) is 42.8 Å². The number of pyridine rings is 1. The van der Waals surface area contributed by atoms with Crippen LogP contribution >= 0.6 is 12.6 Å². The third-order valence-electron chi connectivity index (χ3n) is 6.04. The van der Waals surface area contributed by atoms with Gasteiger partial charge in [0.1, 0.15) is 12.4 Å². The van der Waals surface area contributed by atoms with Crippen molar-refractivity contribution in [3.05, 3.63) is 73.1 Å². The highest BCUT2D eigenvalue weighted by Gasteiger charge is 2.18. The fraction of sp³-hybridized carbons (Fsp3) is 0.222. The number of ether oxygens (including phenoxy) is 1. The molecule has 0 bridgehead atoms. The van der Waals surface area contributed by atoms with E-state index in [1.165, 1.54) is 16.5 Å². The van der Waals surface area contributed by atoms with Crippen LogP contribution in [0.4, 0.5) is 0 Å². The van der Waals surface area contributed by atoms with E-state index in [2.05, 4.69) is 90.4 Å². The highest BCUT2D eigenvalue weighted by atomic mass is 32.1. The minimum Gasteiger partial charge on any atom is -0.361 e. The predicted octanol–water partition coefficient (Wildman–Crippen LogP) is 7.45. The highest BCUT2D eigenvalue weighted by Crippen LogP contribution is 2.37. The lowest BCUT2D eigenvalue weighted by atomic mass is 10.00. The molecule has 4 nitrogen and oxygen atoms in total. The molecule has 0 amide bonds. The molecule has 5 rings (SSSR count). The van der Waals surface area contributed by atoms with Gasteiger partial charge in [0.05, 0.1) is 5.69 Å². The van der Waals surface area contributed by atoms with Gasteiger partial charge >= 0.3 is 0 Å². The Morgan fingerprint density at radius 3 is 2.61 bits per heavy atom. The Balaban J connectivity index is 1.64. The first-order valence-electron chi connectivity index (χ1n) is 11.3. The fourth-order valence-corrected chi connectivity index (χ4v) is 5.25. The number of aromatic nitrogens is 3. The molecule has 0 unspecified atom stereocenters. The van der Waals surface area contributed by atoms with Gasteiger partial charge in [0, 0.05) is 48.3 Å². The lowest BCUT2D eigenvalue weighted by Gasteiger charge is -2.17. The standard InChI is InChI=1S/C27H29N3OSSi/c1-33(2,3)15-14-31-18-30-26(19-6-4-7-20(32)16-19)17-24-22(10-13-29-27(24)30)21-8-5-9-25-23(21)11-12-28-25/h4-13,16-17,28,32H,14-15,18H2,1-3H3. The predicted molar refractivity (Wildman–Crippen MR) is 144 cm³/mol. The van der Waals surface area contributed by atoms with Crippen LogP contribution in [0.15, 0.2) is 78.0 Å². The van der Waals surface area contributed by atoms with Gasteiger partial charge < -0.3 is 14.3 Å². The molecule has 0 atom stereocenters. The van der Waals surface area contributed by atoms with Gasteiger partial charge in [0.15, 0.2) is 0 Å². The number of thiol groups is 1. The Morgan fingerprint density at radius 2 is 1.79 bits per heavy atom. The fourth-order valence-electron chi connectivity index (χ4n) is 4.27. The minimum atomic E-state index is -1.15. The number of nitrogens with one attached hydrogen (secondary N) is 1. The monoisotopic (exact) mass is 471 g/mol. The Labute approximate surface area is 201 Å². The van der Waals surface area contributed by atoms with E-state index in [9.17, 15) is 0 Å². The quantitative estimate of drug-likeness (QED) is 0.147. The van der Waals surface area contributed by atoms with Gasteiger partial charge in [0.25, 0.3) is 0 Å². The van der Waals surface area contributed by atoms with Gasteiger partial charge in [-0.1, -0.05) is 43.9 Å². The number of rotatable bonds is 7. The molecule has 6 heteroatoms. The van der Waals surface area contributed by atoms with Crippen molar-refractivity contribution in [3.8, 4) is 22.4 Å². The summed E-state index contributed by atoms with van der Waals surface area (Å²) in [5, 5.41) is 2.34. The summed E-state index contributed by atoms with van der Waals surface area (Å²) in [4.78, 5) is 9.06. The van der Waals surface area contributed by atoms with E-state index < -0.39 is 8.07 Å². The molecule has 3 heterocycles. The second kappa shape index (κ2) is 8.86. The number of fused-ring (bicyclic) bond motifs is 2. The molecular weight excluding hydrogens is 442 g/mol. The molecular formula is C27H29N3OSSi. The maximum Gasteiger partial charge on any atom is 0.142 e. The van der Waals surface area contributed by atoms with Crippen molar-refractivity contribution >= 4 is 42.6 Å². The van der Waals surface area contributed by atoms with Crippen LogP contribution in [-0.2, 0) is 11.5 Å². The van der Waals surface area contributed by atoms with Crippen LogP contribution in [0.1, 0.15) is 0 Å². The number of hydrogen-bond donors (Lipinski definition) is 2. The van der Waals surface area contributed by atoms with Crippen molar-refractivity contribution in [1.29, 1.82) is 0 Å². The number of nitrogens with zero attached hydrogens (tertiary/aromatic N) is 2. The van der Waals surface area contributed by atoms with E-state index in [0.717, 1.165) is 45.4 Å². The van der Waals surface area contributed by atoms with Crippen molar-refractivity contribution in [2.75, 3.05) is 6.61 Å². The Hall–Kier alpha value is -2.80. The average Bonchev–Trinajstić information content (AvgIpc) is 3.40. The summed E-state index contributed by atoms with van der Waals surface area (Å²) in [6.07, 6.45) is 3.90. The molecule has 0 saturated heterocycles. The number of H-pyrrole nitrogens is 1. The van der Waals surface area contributed by atoms with Gasteiger partial charge in [-0.05, 0) is 59.1 Å². The molecule has 0 aliphatic rings. The third-order valence-corrected chi connectivity index (χ3v) is 8.02. The summed E-state index contributed by atoms with van der Waals surface area (Å²) < 4.78 is 8.39. The largest absolute Gasteiger partial charge is 0.361 e.